The van der Waals surface area contributed by atoms with Gasteiger partial charge in [-0.05, 0) is 19.4 Å². The highest BCUT2D eigenvalue weighted by Crippen LogP contribution is 2.11. The predicted octanol–water partition coefficient (Wildman–Crippen LogP) is 1.96. The summed E-state index contributed by atoms with van der Waals surface area (Å²) in [5, 5.41) is 4.14. The zero-order valence-corrected chi connectivity index (χ0v) is 8.66. The molecule has 0 N–H and O–H groups in total. The van der Waals surface area contributed by atoms with Gasteiger partial charge in [0.25, 0.3) is 0 Å². The van der Waals surface area contributed by atoms with Gasteiger partial charge in [0.05, 0.1) is 5.69 Å². The second-order valence-electron chi connectivity index (χ2n) is 3.47. The van der Waals surface area contributed by atoms with Gasteiger partial charge in [0.1, 0.15) is 5.69 Å². The third kappa shape index (κ3) is 1.97. The van der Waals surface area contributed by atoms with E-state index in [4.69, 9.17) is 0 Å². The fraction of sp³-hybridized carbons (Fsp3) is 0.600. The molecule has 0 saturated heterocycles. The maximum atomic E-state index is 11.7. The molecule has 0 fully saturated rings. The highest BCUT2D eigenvalue weighted by molar-refractivity contribution is 5.96. The van der Waals surface area contributed by atoms with Gasteiger partial charge in [-0.1, -0.05) is 13.8 Å². The molecule has 1 atom stereocenters. The number of nitrogens with zero attached hydrogens (tertiary/aromatic N) is 2. The molecular weight excluding hydrogens is 164 g/mol. The summed E-state index contributed by atoms with van der Waals surface area (Å²) < 4.78 is 1.66. The van der Waals surface area contributed by atoms with Crippen LogP contribution in [0, 0.1) is 12.8 Å². The molecule has 1 aromatic heterocycles. The minimum atomic E-state index is 0.0924. The van der Waals surface area contributed by atoms with Crippen LogP contribution in [-0.2, 0) is 7.05 Å². The molecule has 0 spiro atoms. The average molecular weight is 180 g/mol. The Hall–Kier alpha value is -1.12. The molecular formula is C10H16N2O. The molecule has 1 heterocycles. The van der Waals surface area contributed by atoms with E-state index in [0.717, 1.165) is 12.1 Å². The van der Waals surface area contributed by atoms with E-state index in [2.05, 4.69) is 5.10 Å². The summed E-state index contributed by atoms with van der Waals surface area (Å²) in [6, 6.07) is 1.84. The van der Waals surface area contributed by atoms with Gasteiger partial charge in [-0.25, -0.2) is 0 Å². The van der Waals surface area contributed by atoms with E-state index in [0.29, 0.717) is 5.69 Å². The lowest BCUT2D eigenvalue weighted by molar-refractivity contribution is 0.0917. The van der Waals surface area contributed by atoms with Crippen molar-refractivity contribution >= 4 is 5.78 Å². The fourth-order valence-electron chi connectivity index (χ4n) is 1.28. The van der Waals surface area contributed by atoms with Gasteiger partial charge < -0.3 is 0 Å². The van der Waals surface area contributed by atoms with E-state index in [1.54, 1.807) is 4.68 Å². The van der Waals surface area contributed by atoms with Crippen LogP contribution in [0.3, 0.4) is 0 Å². The Morgan fingerprint density at radius 1 is 1.69 bits per heavy atom. The molecule has 0 radical (unpaired) electrons. The second kappa shape index (κ2) is 3.73. The number of hydrogen-bond donors (Lipinski definition) is 0. The second-order valence-corrected chi connectivity index (χ2v) is 3.47. The summed E-state index contributed by atoms with van der Waals surface area (Å²) in [6.45, 7) is 5.86. The van der Waals surface area contributed by atoms with Crippen molar-refractivity contribution in [2.24, 2.45) is 13.0 Å². The summed E-state index contributed by atoms with van der Waals surface area (Å²) >= 11 is 0. The first-order valence-corrected chi connectivity index (χ1v) is 4.61. The van der Waals surface area contributed by atoms with Crippen molar-refractivity contribution in [3.8, 4) is 0 Å². The SMILES string of the molecule is CCC(C)C(=O)c1cc(C)nn1C. The number of rotatable bonds is 3. The van der Waals surface area contributed by atoms with Crippen LogP contribution in [0.15, 0.2) is 6.07 Å². The Morgan fingerprint density at radius 3 is 2.69 bits per heavy atom. The van der Waals surface area contributed by atoms with Crippen LogP contribution in [0.5, 0.6) is 0 Å². The topological polar surface area (TPSA) is 34.9 Å². The maximum absolute atomic E-state index is 11.7. The summed E-state index contributed by atoms with van der Waals surface area (Å²) in [7, 11) is 1.81. The molecule has 1 rings (SSSR count). The Kier molecular flexibility index (Phi) is 2.86. The first-order valence-electron chi connectivity index (χ1n) is 4.61. The Bertz CT molecular complexity index is 315. The van der Waals surface area contributed by atoms with Crippen LogP contribution in [0.4, 0.5) is 0 Å². The molecule has 3 nitrogen and oxygen atoms in total. The lowest BCUT2D eigenvalue weighted by Gasteiger charge is -2.06. The van der Waals surface area contributed by atoms with E-state index in [-0.39, 0.29) is 11.7 Å². The Morgan fingerprint density at radius 2 is 2.31 bits per heavy atom. The van der Waals surface area contributed by atoms with Gasteiger partial charge in [-0.15, -0.1) is 0 Å². The van der Waals surface area contributed by atoms with Crippen LogP contribution in [0.25, 0.3) is 0 Å². The zero-order chi connectivity index (χ0) is 10.0. The molecule has 1 aromatic rings. The molecule has 1 unspecified atom stereocenters. The normalized spacial score (nSPS) is 12.9. The van der Waals surface area contributed by atoms with E-state index in [9.17, 15) is 4.79 Å². The molecule has 3 heteroatoms. The minimum Gasteiger partial charge on any atom is -0.292 e. The van der Waals surface area contributed by atoms with Crippen LogP contribution < -0.4 is 0 Å². The molecule has 0 amide bonds. The first kappa shape index (κ1) is 9.96. The van der Waals surface area contributed by atoms with Crippen LogP contribution in [0.2, 0.25) is 0 Å². The quantitative estimate of drug-likeness (QED) is 0.666. The van der Waals surface area contributed by atoms with Gasteiger partial charge >= 0.3 is 0 Å². The van der Waals surface area contributed by atoms with Crippen LogP contribution >= 0.6 is 0 Å². The molecule has 0 saturated carbocycles. The smallest absolute Gasteiger partial charge is 0.183 e. The van der Waals surface area contributed by atoms with Gasteiger partial charge in [0, 0.05) is 13.0 Å². The predicted molar refractivity (Wildman–Crippen MR) is 51.7 cm³/mol. The fourth-order valence-corrected chi connectivity index (χ4v) is 1.28. The summed E-state index contributed by atoms with van der Waals surface area (Å²) in [5.74, 6) is 0.278. The molecule has 0 aliphatic rings. The summed E-state index contributed by atoms with van der Waals surface area (Å²) in [4.78, 5) is 11.7. The van der Waals surface area contributed by atoms with Crippen LogP contribution in [0.1, 0.15) is 36.5 Å². The first-order chi connectivity index (χ1) is 6.06. The van der Waals surface area contributed by atoms with Crippen molar-refractivity contribution in [3.05, 3.63) is 17.5 Å². The lowest BCUT2D eigenvalue weighted by atomic mass is 10.0. The third-order valence-electron chi connectivity index (χ3n) is 2.31. The summed E-state index contributed by atoms with van der Waals surface area (Å²) in [6.07, 6.45) is 0.878. The van der Waals surface area contributed by atoms with Crippen molar-refractivity contribution < 1.29 is 4.79 Å². The number of hydrogen-bond acceptors (Lipinski definition) is 2. The molecule has 0 aliphatic heterocycles. The van der Waals surface area contributed by atoms with Crippen molar-refractivity contribution in [2.45, 2.75) is 27.2 Å². The average Bonchev–Trinajstić information content (AvgIpc) is 2.42. The largest absolute Gasteiger partial charge is 0.292 e. The van der Waals surface area contributed by atoms with E-state index in [1.807, 2.05) is 33.9 Å². The number of Topliss-reactive ketones (excluding diaryl/α,β-unsaturated/α-hetero) is 1. The number of ketones is 1. The molecule has 0 aromatic carbocycles. The summed E-state index contributed by atoms with van der Waals surface area (Å²) in [5.41, 5.74) is 1.61. The zero-order valence-electron chi connectivity index (χ0n) is 8.66. The maximum Gasteiger partial charge on any atom is 0.183 e. The Balaban J connectivity index is 2.94. The van der Waals surface area contributed by atoms with Gasteiger partial charge in [0.15, 0.2) is 5.78 Å². The molecule has 0 bridgehead atoms. The van der Waals surface area contributed by atoms with E-state index in [1.165, 1.54) is 0 Å². The third-order valence-corrected chi connectivity index (χ3v) is 2.31. The van der Waals surface area contributed by atoms with Crippen molar-refractivity contribution in [1.29, 1.82) is 0 Å². The standard InChI is InChI=1S/C10H16N2O/c1-5-7(2)10(13)9-6-8(3)11-12(9)4/h6-7H,5H2,1-4H3. The van der Waals surface area contributed by atoms with Crippen molar-refractivity contribution in [3.63, 3.8) is 0 Å². The van der Waals surface area contributed by atoms with E-state index < -0.39 is 0 Å². The van der Waals surface area contributed by atoms with Crippen molar-refractivity contribution in [2.75, 3.05) is 0 Å². The van der Waals surface area contributed by atoms with Gasteiger partial charge in [-0.2, -0.15) is 5.10 Å². The number of aromatic nitrogens is 2. The molecule has 0 aliphatic carbocycles. The number of carbonyl (C=O) groups is 1. The number of carbonyl (C=O) groups excluding carboxylic acids is 1. The van der Waals surface area contributed by atoms with Gasteiger partial charge in [0.2, 0.25) is 0 Å². The van der Waals surface area contributed by atoms with Crippen LogP contribution in [-0.4, -0.2) is 15.6 Å². The monoisotopic (exact) mass is 180 g/mol. The Labute approximate surface area is 78.8 Å². The number of aryl methyl sites for hydroxylation is 2. The molecule has 13 heavy (non-hydrogen) atoms. The van der Waals surface area contributed by atoms with E-state index >= 15 is 0 Å². The van der Waals surface area contributed by atoms with Crippen molar-refractivity contribution in [1.82, 2.24) is 9.78 Å². The highest BCUT2D eigenvalue weighted by atomic mass is 16.1. The highest BCUT2D eigenvalue weighted by Gasteiger charge is 2.16. The lowest BCUT2D eigenvalue weighted by Crippen LogP contribution is -2.14. The minimum absolute atomic E-state index is 0.0924. The van der Waals surface area contributed by atoms with Gasteiger partial charge in [-0.3, -0.25) is 9.48 Å². The molecule has 72 valence electrons.